The number of nitrogens with one attached hydrogen (secondary N) is 2. The van der Waals surface area contributed by atoms with E-state index >= 15 is 0 Å². The first kappa shape index (κ1) is 35.4. The van der Waals surface area contributed by atoms with E-state index in [1.165, 1.54) is 38.6 Å². The second kappa shape index (κ2) is 18.0. The molecule has 1 saturated heterocycles. The zero-order valence-electron chi connectivity index (χ0n) is 28.4. The molecule has 3 aromatic carbocycles. The SMILES string of the molecule is C=C.C=C(NCc1ccccc1)C(Cc1ccc2ccccc2c1)N1CCNC(C/C(=C/C)C2=CCC(C)C=C2C)C1=C.CC. The van der Waals surface area contributed by atoms with Crippen molar-refractivity contribution in [2.75, 3.05) is 13.1 Å². The van der Waals surface area contributed by atoms with Crippen LogP contribution in [0.2, 0.25) is 0 Å². The van der Waals surface area contributed by atoms with Gasteiger partial charge in [0.25, 0.3) is 0 Å². The number of hydrogen-bond acceptors (Lipinski definition) is 3. The van der Waals surface area contributed by atoms with Crippen molar-refractivity contribution in [1.29, 1.82) is 0 Å². The van der Waals surface area contributed by atoms with Gasteiger partial charge in [-0.2, -0.15) is 0 Å². The number of benzene rings is 3. The molecule has 2 N–H and O–H groups in total. The van der Waals surface area contributed by atoms with Crippen LogP contribution in [0.4, 0.5) is 0 Å². The van der Waals surface area contributed by atoms with Crippen LogP contribution in [0.3, 0.4) is 0 Å². The molecule has 3 unspecified atom stereocenters. The highest BCUT2D eigenvalue weighted by Gasteiger charge is 2.31. The Hall–Kier alpha value is -4.08. The van der Waals surface area contributed by atoms with Crippen LogP contribution in [-0.4, -0.2) is 30.1 Å². The van der Waals surface area contributed by atoms with Crippen molar-refractivity contribution in [3.63, 3.8) is 0 Å². The zero-order valence-corrected chi connectivity index (χ0v) is 28.4. The van der Waals surface area contributed by atoms with Crippen molar-refractivity contribution in [3.05, 3.63) is 157 Å². The van der Waals surface area contributed by atoms with Crippen LogP contribution in [-0.2, 0) is 13.0 Å². The van der Waals surface area contributed by atoms with E-state index in [9.17, 15) is 0 Å². The van der Waals surface area contributed by atoms with Crippen LogP contribution in [0.25, 0.3) is 10.8 Å². The molecule has 5 rings (SSSR count). The summed E-state index contributed by atoms with van der Waals surface area (Å²) in [4.78, 5) is 2.50. The predicted molar refractivity (Wildman–Crippen MR) is 198 cm³/mol. The fraction of sp³-hybridized carbons (Fsp3) is 0.333. The fourth-order valence-corrected chi connectivity index (χ4v) is 6.34. The molecule has 0 aromatic heterocycles. The van der Waals surface area contributed by atoms with E-state index < -0.39 is 0 Å². The van der Waals surface area contributed by atoms with E-state index in [4.69, 9.17) is 0 Å². The van der Waals surface area contributed by atoms with Gasteiger partial charge in [0.15, 0.2) is 0 Å². The molecule has 45 heavy (non-hydrogen) atoms. The first-order chi connectivity index (χ1) is 21.9. The Bertz CT molecular complexity index is 1490. The lowest BCUT2D eigenvalue weighted by atomic mass is 9.85. The number of allylic oxidation sites excluding steroid dienone is 5. The van der Waals surface area contributed by atoms with Gasteiger partial charge in [-0.15, -0.1) is 13.2 Å². The number of fused-ring (bicyclic) bond motifs is 1. The van der Waals surface area contributed by atoms with E-state index in [0.717, 1.165) is 50.3 Å². The van der Waals surface area contributed by atoms with Gasteiger partial charge < -0.3 is 15.5 Å². The monoisotopic (exact) mass is 601 g/mol. The molecule has 0 radical (unpaired) electrons. The van der Waals surface area contributed by atoms with E-state index in [1.54, 1.807) is 0 Å². The molecule has 2 aliphatic rings. The Morgan fingerprint density at radius 3 is 2.38 bits per heavy atom. The van der Waals surface area contributed by atoms with Crippen LogP contribution < -0.4 is 10.6 Å². The van der Waals surface area contributed by atoms with E-state index in [1.807, 2.05) is 13.8 Å². The van der Waals surface area contributed by atoms with Crippen molar-refractivity contribution >= 4 is 10.8 Å². The standard InChI is InChI=1S/C38H45N3.C2H6.C2H4/c1-6-33(36-19-16-27(2)22-28(36)3)25-37-30(5)41(21-20-39-37)38(29(4)40-26-31-12-8-7-9-13-31)24-32-17-18-34-14-10-11-15-35(34)23-32;2*1-2/h6-15,17-19,22-23,27,37-40H,4-5,16,20-21,24-26H2,1-3H3;1-2H3;1-2H2/b33-6-;;. The van der Waals surface area contributed by atoms with Crippen molar-refractivity contribution in [2.24, 2.45) is 5.92 Å². The fourth-order valence-electron chi connectivity index (χ4n) is 6.34. The van der Waals surface area contributed by atoms with E-state index in [0.29, 0.717) is 5.92 Å². The minimum Gasteiger partial charge on any atom is -0.383 e. The highest BCUT2D eigenvalue weighted by molar-refractivity contribution is 5.83. The summed E-state index contributed by atoms with van der Waals surface area (Å²) < 4.78 is 0. The van der Waals surface area contributed by atoms with Gasteiger partial charge >= 0.3 is 0 Å². The molecular formula is C42H55N3. The van der Waals surface area contributed by atoms with Crippen molar-refractivity contribution in [3.8, 4) is 0 Å². The molecule has 0 spiro atoms. The first-order valence-corrected chi connectivity index (χ1v) is 16.6. The molecule has 1 aliphatic heterocycles. The van der Waals surface area contributed by atoms with Gasteiger partial charge in [0, 0.05) is 31.0 Å². The lowest BCUT2D eigenvalue weighted by Crippen LogP contribution is -2.54. The Labute approximate surface area is 273 Å². The minimum absolute atomic E-state index is 0.0995. The van der Waals surface area contributed by atoms with Crippen molar-refractivity contribution in [2.45, 2.75) is 72.5 Å². The normalized spacial score (nSPS) is 18.8. The quantitative estimate of drug-likeness (QED) is 0.227. The summed E-state index contributed by atoms with van der Waals surface area (Å²) in [7, 11) is 0. The molecule has 238 valence electrons. The maximum absolute atomic E-state index is 4.69. The van der Waals surface area contributed by atoms with Crippen LogP contribution in [0.1, 0.15) is 58.6 Å². The lowest BCUT2D eigenvalue weighted by Gasteiger charge is -2.43. The maximum atomic E-state index is 4.69. The molecule has 3 heteroatoms. The maximum Gasteiger partial charge on any atom is 0.0720 e. The zero-order chi connectivity index (χ0) is 32.8. The first-order valence-electron chi connectivity index (χ1n) is 16.6. The molecule has 3 atom stereocenters. The van der Waals surface area contributed by atoms with E-state index in [2.05, 4.69) is 154 Å². The van der Waals surface area contributed by atoms with Crippen LogP contribution in [0.5, 0.6) is 0 Å². The summed E-state index contributed by atoms with van der Waals surface area (Å²) in [5.41, 5.74) is 8.95. The predicted octanol–water partition coefficient (Wildman–Crippen LogP) is 9.92. The molecule has 1 fully saturated rings. The summed E-state index contributed by atoms with van der Waals surface area (Å²) in [6.45, 7) is 28.6. The Morgan fingerprint density at radius 1 is 1.00 bits per heavy atom. The van der Waals surface area contributed by atoms with Crippen LogP contribution in [0, 0.1) is 5.92 Å². The molecule has 3 aromatic rings. The molecule has 0 amide bonds. The second-order valence-electron chi connectivity index (χ2n) is 11.7. The van der Waals surface area contributed by atoms with Crippen LogP contribution >= 0.6 is 0 Å². The third-order valence-electron chi connectivity index (χ3n) is 8.67. The smallest absolute Gasteiger partial charge is 0.0720 e. The van der Waals surface area contributed by atoms with Gasteiger partial charge in [0.1, 0.15) is 0 Å². The minimum atomic E-state index is 0.0995. The summed E-state index contributed by atoms with van der Waals surface area (Å²) in [6.07, 6.45) is 10.0. The summed E-state index contributed by atoms with van der Waals surface area (Å²) in [6, 6.07) is 26.3. The summed E-state index contributed by atoms with van der Waals surface area (Å²) in [5, 5.41) is 10.0. The second-order valence-corrected chi connectivity index (χ2v) is 11.7. The Balaban J connectivity index is 0.00000133. The van der Waals surface area contributed by atoms with Gasteiger partial charge in [0.05, 0.1) is 12.1 Å². The van der Waals surface area contributed by atoms with Gasteiger partial charge in [-0.3, -0.25) is 0 Å². The third-order valence-corrected chi connectivity index (χ3v) is 8.67. The van der Waals surface area contributed by atoms with Crippen molar-refractivity contribution < 1.29 is 0 Å². The number of rotatable bonds is 10. The molecule has 1 heterocycles. The average Bonchev–Trinajstić information content (AvgIpc) is 3.08. The summed E-state index contributed by atoms with van der Waals surface area (Å²) in [5.74, 6) is 0.611. The topological polar surface area (TPSA) is 27.3 Å². The average molecular weight is 602 g/mol. The van der Waals surface area contributed by atoms with Gasteiger partial charge in [-0.05, 0) is 77.6 Å². The third kappa shape index (κ3) is 9.45. The molecule has 0 saturated carbocycles. The Morgan fingerprint density at radius 2 is 1.69 bits per heavy atom. The number of hydrogen-bond donors (Lipinski definition) is 2. The van der Waals surface area contributed by atoms with Gasteiger partial charge in [0.2, 0.25) is 0 Å². The molecule has 0 bridgehead atoms. The highest BCUT2D eigenvalue weighted by Crippen LogP contribution is 2.33. The molecule has 3 nitrogen and oxygen atoms in total. The van der Waals surface area contributed by atoms with E-state index in [-0.39, 0.29) is 12.1 Å². The van der Waals surface area contributed by atoms with Gasteiger partial charge in [-0.1, -0.05) is 125 Å². The van der Waals surface area contributed by atoms with Crippen LogP contribution in [0.15, 0.2) is 145 Å². The summed E-state index contributed by atoms with van der Waals surface area (Å²) >= 11 is 0. The molecular weight excluding hydrogens is 546 g/mol. The van der Waals surface area contributed by atoms with Crippen molar-refractivity contribution in [1.82, 2.24) is 15.5 Å². The lowest BCUT2D eigenvalue weighted by molar-refractivity contribution is 0.214. The van der Waals surface area contributed by atoms with Gasteiger partial charge in [-0.25, -0.2) is 0 Å². The number of nitrogens with zero attached hydrogens (tertiary/aromatic N) is 1. The largest absolute Gasteiger partial charge is 0.383 e. The molecule has 1 aliphatic carbocycles. The number of piperazine rings is 1. The Kier molecular flexibility index (Phi) is 14.2. The highest BCUT2D eigenvalue weighted by atomic mass is 15.3.